The highest BCUT2D eigenvalue weighted by atomic mass is 19.1. The minimum atomic E-state index is -0.428. The van der Waals surface area contributed by atoms with Gasteiger partial charge in [-0.1, -0.05) is 25.8 Å². The summed E-state index contributed by atoms with van der Waals surface area (Å²) < 4.78 is 13.0. The van der Waals surface area contributed by atoms with E-state index in [0.717, 1.165) is 29.9 Å². The summed E-state index contributed by atoms with van der Waals surface area (Å²) in [6.45, 7) is 4.14. The molecular weight excluding hydrogens is 215 g/mol. The van der Waals surface area contributed by atoms with Crippen molar-refractivity contribution in [2.75, 3.05) is 0 Å². The molecule has 1 nitrogen and oxygen atoms in total. The molecule has 1 unspecified atom stereocenters. The highest BCUT2D eigenvalue weighted by molar-refractivity contribution is 5.29. The van der Waals surface area contributed by atoms with Crippen LogP contribution < -0.4 is 0 Å². The summed E-state index contributed by atoms with van der Waals surface area (Å²) in [5, 5.41) is 10.4. The van der Waals surface area contributed by atoms with E-state index in [2.05, 4.69) is 6.92 Å². The molecule has 2 rings (SSSR count). The maximum Gasteiger partial charge on any atom is 0.123 e. The Labute approximate surface area is 103 Å². The summed E-state index contributed by atoms with van der Waals surface area (Å²) in [4.78, 5) is 0. The van der Waals surface area contributed by atoms with Gasteiger partial charge in [0.05, 0.1) is 6.10 Å². The molecule has 0 bridgehead atoms. The Kier molecular flexibility index (Phi) is 3.82. The third-order valence-electron chi connectivity index (χ3n) is 4.06. The molecule has 1 aromatic carbocycles. The van der Waals surface area contributed by atoms with Crippen LogP contribution in [0, 0.1) is 24.6 Å². The number of hydrogen-bond acceptors (Lipinski definition) is 1. The van der Waals surface area contributed by atoms with Gasteiger partial charge in [0, 0.05) is 0 Å². The molecule has 1 saturated carbocycles. The lowest BCUT2D eigenvalue weighted by molar-refractivity contribution is 0.0750. The maximum absolute atomic E-state index is 13.0. The van der Waals surface area contributed by atoms with Crippen LogP contribution in [0.1, 0.15) is 49.8 Å². The molecule has 17 heavy (non-hydrogen) atoms. The fourth-order valence-corrected chi connectivity index (χ4v) is 2.83. The largest absolute Gasteiger partial charge is 0.388 e. The second-order valence-electron chi connectivity index (χ2n) is 5.47. The van der Waals surface area contributed by atoms with Gasteiger partial charge in [-0.3, -0.25) is 0 Å². The van der Waals surface area contributed by atoms with Crippen LogP contribution >= 0.6 is 0 Å². The minimum absolute atomic E-state index is 0.226. The van der Waals surface area contributed by atoms with E-state index in [1.165, 1.54) is 25.0 Å². The van der Waals surface area contributed by atoms with Crippen LogP contribution in [-0.4, -0.2) is 5.11 Å². The van der Waals surface area contributed by atoms with E-state index >= 15 is 0 Å². The number of aliphatic hydroxyl groups excluding tert-OH is 1. The van der Waals surface area contributed by atoms with Crippen LogP contribution in [-0.2, 0) is 0 Å². The normalized spacial score (nSPS) is 26.8. The van der Waals surface area contributed by atoms with Crippen molar-refractivity contribution >= 4 is 0 Å². The van der Waals surface area contributed by atoms with Gasteiger partial charge in [0.1, 0.15) is 5.82 Å². The van der Waals surface area contributed by atoms with Gasteiger partial charge in [0.15, 0.2) is 0 Å². The van der Waals surface area contributed by atoms with Crippen molar-refractivity contribution in [1.29, 1.82) is 0 Å². The first kappa shape index (κ1) is 12.6. The van der Waals surface area contributed by atoms with Gasteiger partial charge in [-0.25, -0.2) is 4.39 Å². The zero-order valence-corrected chi connectivity index (χ0v) is 10.6. The molecule has 1 N–H and O–H groups in total. The van der Waals surface area contributed by atoms with E-state index in [1.54, 1.807) is 6.07 Å². The highest BCUT2D eigenvalue weighted by Crippen LogP contribution is 2.37. The molecule has 0 aromatic heterocycles. The summed E-state index contributed by atoms with van der Waals surface area (Å²) >= 11 is 0. The summed E-state index contributed by atoms with van der Waals surface area (Å²) in [5.41, 5.74) is 1.75. The number of aliphatic hydroxyl groups is 1. The third-order valence-corrected chi connectivity index (χ3v) is 4.06. The monoisotopic (exact) mass is 236 g/mol. The van der Waals surface area contributed by atoms with E-state index < -0.39 is 6.10 Å². The first-order valence-corrected chi connectivity index (χ1v) is 6.52. The quantitative estimate of drug-likeness (QED) is 0.823. The summed E-state index contributed by atoms with van der Waals surface area (Å²) in [6.07, 6.45) is 4.13. The average Bonchev–Trinajstić information content (AvgIpc) is 2.29. The molecule has 2 heteroatoms. The SMILES string of the molecule is Cc1cc(F)ccc1C(O)C1CCC(C)CC1. The molecular formula is C15H21FO. The molecule has 0 heterocycles. The fraction of sp³-hybridized carbons (Fsp3) is 0.600. The van der Waals surface area contributed by atoms with Crippen LogP contribution in [0.3, 0.4) is 0 Å². The predicted octanol–water partition coefficient (Wildman–Crippen LogP) is 3.99. The van der Waals surface area contributed by atoms with Crippen LogP contribution in [0.2, 0.25) is 0 Å². The standard InChI is InChI=1S/C15H21FO/c1-10-3-5-12(6-4-10)15(17)14-8-7-13(16)9-11(14)2/h7-10,12,15,17H,3-6H2,1-2H3. The Morgan fingerprint density at radius 3 is 2.47 bits per heavy atom. The molecule has 0 aliphatic heterocycles. The molecule has 0 spiro atoms. The van der Waals surface area contributed by atoms with Crippen LogP contribution in [0.5, 0.6) is 0 Å². The van der Waals surface area contributed by atoms with Gasteiger partial charge in [-0.05, 0) is 54.9 Å². The number of rotatable bonds is 2. The van der Waals surface area contributed by atoms with Gasteiger partial charge in [0.25, 0.3) is 0 Å². The van der Waals surface area contributed by atoms with Crippen molar-refractivity contribution < 1.29 is 9.50 Å². The first-order chi connectivity index (χ1) is 8.08. The fourth-order valence-electron chi connectivity index (χ4n) is 2.83. The van der Waals surface area contributed by atoms with Crippen molar-refractivity contribution in [3.63, 3.8) is 0 Å². The number of aryl methyl sites for hydroxylation is 1. The van der Waals surface area contributed by atoms with Gasteiger partial charge in [-0.2, -0.15) is 0 Å². The predicted molar refractivity (Wildman–Crippen MR) is 67.2 cm³/mol. The van der Waals surface area contributed by atoms with Gasteiger partial charge in [-0.15, -0.1) is 0 Å². The van der Waals surface area contributed by atoms with Crippen molar-refractivity contribution in [2.24, 2.45) is 11.8 Å². The second kappa shape index (κ2) is 5.18. The second-order valence-corrected chi connectivity index (χ2v) is 5.47. The van der Waals surface area contributed by atoms with Crippen molar-refractivity contribution in [3.8, 4) is 0 Å². The molecule has 0 amide bonds. The van der Waals surface area contributed by atoms with E-state index in [4.69, 9.17) is 0 Å². The molecule has 94 valence electrons. The van der Waals surface area contributed by atoms with E-state index in [9.17, 15) is 9.50 Å². The Bertz CT molecular complexity index is 381. The third kappa shape index (κ3) is 2.86. The Balaban J connectivity index is 2.11. The molecule has 1 aromatic rings. The summed E-state index contributed by atoms with van der Waals surface area (Å²) in [7, 11) is 0. The van der Waals surface area contributed by atoms with Crippen molar-refractivity contribution in [1.82, 2.24) is 0 Å². The smallest absolute Gasteiger partial charge is 0.123 e. The molecule has 1 aliphatic carbocycles. The van der Waals surface area contributed by atoms with E-state index in [1.807, 2.05) is 6.92 Å². The lowest BCUT2D eigenvalue weighted by Gasteiger charge is -2.30. The van der Waals surface area contributed by atoms with Gasteiger partial charge in [0.2, 0.25) is 0 Å². The van der Waals surface area contributed by atoms with Crippen LogP contribution in [0.4, 0.5) is 4.39 Å². The zero-order chi connectivity index (χ0) is 12.4. The van der Waals surface area contributed by atoms with Crippen molar-refractivity contribution in [3.05, 3.63) is 35.1 Å². The van der Waals surface area contributed by atoms with E-state index in [-0.39, 0.29) is 5.82 Å². The number of hydrogen-bond donors (Lipinski definition) is 1. The topological polar surface area (TPSA) is 20.2 Å². The minimum Gasteiger partial charge on any atom is -0.388 e. The highest BCUT2D eigenvalue weighted by Gasteiger charge is 2.26. The summed E-state index contributed by atoms with van der Waals surface area (Å²) in [6, 6.07) is 4.67. The maximum atomic E-state index is 13.0. The Morgan fingerprint density at radius 2 is 1.88 bits per heavy atom. The van der Waals surface area contributed by atoms with Crippen LogP contribution in [0.15, 0.2) is 18.2 Å². The van der Waals surface area contributed by atoms with Gasteiger partial charge < -0.3 is 5.11 Å². The Morgan fingerprint density at radius 1 is 1.24 bits per heavy atom. The number of halogens is 1. The van der Waals surface area contributed by atoms with Gasteiger partial charge >= 0.3 is 0 Å². The average molecular weight is 236 g/mol. The lowest BCUT2D eigenvalue weighted by atomic mass is 9.78. The van der Waals surface area contributed by atoms with Crippen molar-refractivity contribution in [2.45, 2.75) is 45.6 Å². The molecule has 1 aliphatic rings. The Hall–Kier alpha value is -0.890. The van der Waals surface area contributed by atoms with E-state index in [0.29, 0.717) is 5.92 Å². The number of benzene rings is 1. The lowest BCUT2D eigenvalue weighted by Crippen LogP contribution is -2.20. The molecule has 1 fully saturated rings. The van der Waals surface area contributed by atoms with Crippen LogP contribution in [0.25, 0.3) is 0 Å². The molecule has 0 saturated heterocycles. The summed E-state index contributed by atoms with van der Waals surface area (Å²) in [5.74, 6) is 0.902. The molecule has 1 atom stereocenters. The first-order valence-electron chi connectivity index (χ1n) is 6.52. The zero-order valence-electron chi connectivity index (χ0n) is 10.6. The molecule has 0 radical (unpaired) electrons.